The Morgan fingerprint density at radius 1 is 1.30 bits per heavy atom. The zero-order valence-corrected chi connectivity index (χ0v) is 11.8. The van der Waals surface area contributed by atoms with Crippen LogP contribution in [0.5, 0.6) is 0 Å². The number of carboxylic acids is 1. The Morgan fingerprint density at radius 3 is 2.75 bits per heavy atom. The molecule has 0 aliphatic carbocycles. The van der Waals surface area contributed by atoms with E-state index in [1.807, 2.05) is 44.2 Å². The Kier molecular flexibility index (Phi) is 4.69. The molecular formula is C16H20N2O2. The van der Waals surface area contributed by atoms with E-state index in [2.05, 4.69) is 10.3 Å². The maximum Gasteiger partial charge on any atom is 0.320 e. The van der Waals surface area contributed by atoms with Crippen molar-refractivity contribution in [2.45, 2.75) is 26.3 Å². The highest BCUT2D eigenvalue weighted by Gasteiger charge is 2.20. The maximum atomic E-state index is 11.1. The van der Waals surface area contributed by atoms with Gasteiger partial charge in [-0.2, -0.15) is 0 Å². The quantitative estimate of drug-likeness (QED) is 0.848. The van der Waals surface area contributed by atoms with Gasteiger partial charge in [-0.05, 0) is 24.0 Å². The molecule has 4 nitrogen and oxygen atoms in total. The Labute approximate surface area is 118 Å². The summed E-state index contributed by atoms with van der Waals surface area (Å²) in [5.41, 5.74) is 2.14. The van der Waals surface area contributed by atoms with Crippen molar-refractivity contribution >= 4 is 16.9 Å². The van der Waals surface area contributed by atoms with E-state index >= 15 is 0 Å². The van der Waals surface area contributed by atoms with Crippen LogP contribution in [0.15, 0.2) is 36.5 Å². The summed E-state index contributed by atoms with van der Waals surface area (Å²) in [6, 6.07) is 9.54. The second kappa shape index (κ2) is 6.48. The number of aliphatic carboxylic acids is 1. The van der Waals surface area contributed by atoms with Crippen molar-refractivity contribution in [2.24, 2.45) is 5.92 Å². The molecule has 0 fully saturated rings. The summed E-state index contributed by atoms with van der Waals surface area (Å²) in [5, 5.41) is 13.4. The third-order valence-electron chi connectivity index (χ3n) is 3.41. The molecule has 2 N–H and O–H groups in total. The lowest BCUT2D eigenvalue weighted by atomic mass is 10.0. The highest BCUT2D eigenvalue weighted by atomic mass is 16.4. The number of benzene rings is 1. The monoisotopic (exact) mass is 272 g/mol. The number of aromatic nitrogens is 1. The number of carbonyl (C=O) groups is 1. The minimum absolute atomic E-state index is 0.0677. The summed E-state index contributed by atoms with van der Waals surface area (Å²) in [5.74, 6) is -0.728. The minimum atomic E-state index is -0.795. The number of nitrogens with one attached hydrogen (secondary N) is 1. The van der Waals surface area contributed by atoms with E-state index in [0.717, 1.165) is 22.9 Å². The van der Waals surface area contributed by atoms with Crippen molar-refractivity contribution in [1.82, 2.24) is 10.3 Å². The first-order chi connectivity index (χ1) is 9.59. The largest absolute Gasteiger partial charge is 0.480 e. The fourth-order valence-electron chi connectivity index (χ4n) is 2.34. The topological polar surface area (TPSA) is 62.2 Å². The summed E-state index contributed by atoms with van der Waals surface area (Å²) in [4.78, 5) is 15.5. The molecule has 1 aromatic heterocycles. The molecule has 0 amide bonds. The molecule has 0 bridgehead atoms. The van der Waals surface area contributed by atoms with Gasteiger partial charge >= 0.3 is 5.97 Å². The van der Waals surface area contributed by atoms with Crippen molar-refractivity contribution in [2.75, 3.05) is 6.54 Å². The standard InChI is InChI=1S/C16H20N2O2/c1-11(2)14(16(19)20)18-10-8-13-6-3-5-12-7-4-9-17-15(12)13/h3-7,9,11,14,18H,8,10H2,1-2H3,(H,19,20). The SMILES string of the molecule is CC(C)C(NCCc1cccc2cccnc12)C(=O)O. The van der Waals surface area contributed by atoms with Crippen LogP contribution in [-0.2, 0) is 11.2 Å². The van der Waals surface area contributed by atoms with Crippen LogP contribution >= 0.6 is 0 Å². The van der Waals surface area contributed by atoms with E-state index < -0.39 is 12.0 Å². The number of para-hydroxylation sites is 1. The van der Waals surface area contributed by atoms with E-state index in [0.29, 0.717) is 6.54 Å². The van der Waals surface area contributed by atoms with Crippen molar-refractivity contribution in [1.29, 1.82) is 0 Å². The molecule has 1 unspecified atom stereocenters. The fourth-order valence-corrected chi connectivity index (χ4v) is 2.34. The van der Waals surface area contributed by atoms with Gasteiger partial charge in [-0.3, -0.25) is 9.78 Å². The van der Waals surface area contributed by atoms with Gasteiger partial charge in [0.05, 0.1) is 5.52 Å². The van der Waals surface area contributed by atoms with Crippen LogP contribution in [0.4, 0.5) is 0 Å². The maximum absolute atomic E-state index is 11.1. The molecule has 106 valence electrons. The highest BCUT2D eigenvalue weighted by molar-refractivity contribution is 5.81. The summed E-state index contributed by atoms with van der Waals surface area (Å²) < 4.78 is 0. The molecular weight excluding hydrogens is 252 g/mol. The molecule has 0 aliphatic rings. The first-order valence-electron chi connectivity index (χ1n) is 6.88. The highest BCUT2D eigenvalue weighted by Crippen LogP contribution is 2.16. The van der Waals surface area contributed by atoms with Crippen LogP contribution in [0.25, 0.3) is 10.9 Å². The second-order valence-electron chi connectivity index (χ2n) is 5.26. The van der Waals surface area contributed by atoms with Gasteiger partial charge in [-0.25, -0.2) is 0 Å². The number of fused-ring (bicyclic) bond motifs is 1. The second-order valence-corrected chi connectivity index (χ2v) is 5.26. The summed E-state index contributed by atoms with van der Waals surface area (Å²) >= 11 is 0. The Bertz CT molecular complexity index is 591. The van der Waals surface area contributed by atoms with Gasteiger partial charge in [-0.1, -0.05) is 38.1 Å². The zero-order chi connectivity index (χ0) is 14.5. The van der Waals surface area contributed by atoms with Crippen LogP contribution < -0.4 is 5.32 Å². The van der Waals surface area contributed by atoms with Crippen LogP contribution in [0.2, 0.25) is 0 Å². The number of carboxylic acid groups (broad SMARTS) is 1. The lowest BCUT2D eigenvalue weighted by Gasteiger charge is -2.18. The Hall–Kier alpha value is -1.94. The van der Waals surface area contributed by atoms with Crippen molar-refractivity contribution < 1.29 is 9.90 Å². The Balaban J connectivity index is 2.04. The van der Waals surface area contributed by atoms with Gasteiger partial charge in [0.1, 0.15) is 6.04 Å². The Morgan fingerprint density at radius 2 is 2.05 bits per heavy atom. The molecule has 0 aliphatic heterocycles. The number of hydrogen-bond donors (Lipinski definition) is 2. The molecule has 0 saturated heterocycles. The molecule has 4 heteroatoms. The number of nitrogens with zero attached hydrogens (tertiary/aromatic N) is 1. The first-order valence-corrected chi connectivity index (χ1v) is 6.88. The van der Waals surface area contributed by atoms with Gasteiger partial charge in [-0.15, -0.1) is 0 Å². The smallest absolute Gasteiger partial charge is 0.320 e. The average molecular weight is 272 g/mol. The van der Waals surface area contributed by atoms with Gasteiger partial charge in [0, 0.05) is 18.1 Å². The predicted octanol–water partition coefficient (Wildman–Crippen LogP) is 2.48. The van der Waals surface area contributed by atoms with E-state index in [9.17, 15) is 4.79 Å². The predicted molar refractivity (Wildman–Crippen MR) is 79.7 cm³/mol. The third-order valence-corrected chi connectivity index (χ3v) is 3.41. The molecule has 1 atom stereocenters. The summed E-state index contributed by atoms with van der Waals surface area (Å²) in [6.45, 7) is 4.45. The minimum Gasteiger partial charge on any atom is -0.480 e. The van der Waals surface area contributed by atoms with Gasteiger partial charge < -0.3 is 10.4 Å². The molecule has 0 saturated carbocycles. The lowest BCUT2D eigenvalue weighted by molar-refractivity contribution is -0.140. The molecule has 1 aromatic carbocycles. The van der Waals surface area contributed by atoms with Crippen molar-refractivity contribution in [3.8, 4) is 0 Å². The summed E-state index contributed by atoms with van der Waals surface area (Å²) in [6.07, 6.45) is 2.55. The van der Waals surface area contributed by atoms with E-state index in [1.54, 1.807) is 6.20 Å². The van der Waals surface area contributed by atoms with E-state index in [4.69, 9.17) is 5.11 Å². The number of pyridine rings is 1. The molecule has 2 rings (SSSR count). The van der Waals surface area contributed by atoms with Crippen LogP contribution in [0.3, 0.4) is 0 Å². The fraction of sp³-hybridized carbons (Fsp3) is 0.375. The van der Waals surface area contributed by atoms with Crippen LogP contribution in [-0.4, -0.2) is 28.6 Å². The van der Waals surface area contributed by atoms with Gasteiger partial charge in [0.15, 0.2) is 0 Å². The molecule has 2 aromatic rings. The number of hydrogen-bond acceptors (Lipinski definition) is 3. The molecule has 0 spiro atoms. The van der Waals surface area contributed by atoms with E-state index in [1.165, 1.54) is 0 Å². The van der Waals surface area contributed by atoms with Crippen molar-refractivity contribution in [3.63, 3.8) is 0 Å². The molecule has 1 heterocycles. The zero-order valence-electron chi connectivity index (χ0n) is 11.8. The number of rotatable bonds is 6. The summed E-state index contributed by atoms with van der Waals surface area (Å²) in [7, 11) is 0. The van der Waals surface area contributed by atoms with Gasteiger partial charge in [0.2, 0.25) is 0 Å². The van der Waals surface area contributed by atoms with Crippen molar-refractivity contribution in [3.05, 3.63) is 42.1 Å². The van der Waals surface area contributed by atoms with Gasteiger partial charge in [0.25, 0.3) is 0 Å². The first kappa shape index (κ1) is 14.5. The molecule has 0 radical (unpaired) electrons. The van der Waals surface area contributed by atoms with Crippen LogP contribution in [0.1, 0.15) is 19.4 Å². The third kappa shape index (κ3) is 3.33. The van der Waals surface area contributed by atoms with E-state index in [-0.39, 0.29) is 5.92 Å². The molecule has 20 heavy (non-hydrogen) atoms. The lowest BCUT2D eigenvalue weighted by Crippen LogP contribution is -2.41. The average Bonchev–Trinajstić information content (AvgIpc) is 2.42. The normalized spacial score (nSPS) is 12.8. The van der Waals surface area contributed by atoms with Crippen LogP contribution in [0, 0.1) is 5.92 Å².